The number of aliphatic hydroxyl groups is 1. The second-order valence-corrected chi connectivity index (χ2v) is 5.87. The number of benzene rings is 1. The van der Waals surface area contributed by atoms with E-state index in [0.29, 0.717) is 19.0 Å². The molecule has 3 heteroatoms. The van der Waals surface area contributed by atoms with Gasteiger partial charge in [-0.15, -0.1) is 0 Å². The fourth-order valence-electron chi connectivity index (χ4n) is 1.76. The molecule has 2 rings (SSSR count). The van der Waals surface area contributed by atoms with Gasteiger partial charge in [0, 0.05) is 23.5 Å². The largest absolute Gasteiger partial charge is 0.389 e. The first kappa shape index (κ1) is 12.1. The predicted octanol–water partition coefficient (Wildman–Crippen LogP) is 2.49. The molecule has 2 N–H and O–H groups in total. The van der Waals surface area contributed by atoms with E-state index in [-0.39, 0.29) is 0 Å². The van der Waals surface area contributed by atoms with Crippen LogP contribution >= 0.6 is 15.9 Å². The maximum atomic E-state index is 10.2. The summed E-state index contributed by atoms with van der Waals surface area (Å²) >= 11 is 3.41. The molecule has 1 atom stereocenters. The molecule has 88 valence electrons. The molecule has 1 saturated carbocycles. The summed E-state index contributed by atoms with van der Waals surface area (Å²) in [6.07, 6.45) is 3.21. The molecular weight excluding hydrogens is 266 g/mol. The summed E-state index contributed by atoms with van der Waals surface area (Å²) in [6.45, 7) is 2.57. The maximum Gasteiger partial charge on any atom is 0.0783 e. The molecule has 2 nitrogen and oxygen atoms in total. The van der Waals surface area contributed by atoms with Crippen LogP contribution in [0.4, 0.5) is 0 Å². The van der Waals surface area contributed by atoms with Gasteiger partial charge in [0.25, 0.3) is 0 Å². The molecule has 0 spiro atoms. The number of hydrogen-bond donors (Lipinski definition) is 2. The molecule has 1 fully saturated rings. The minimum atomic E-state index is -0.656. The van der Waals surface area contributed by atoms with Crippen LogP contribution in [0.5, 0.6) is 0 Å². The van der Waals surface area contributed by atoms with Crippen LogP contribution in [0.15, 0.2) is 28.7 Å². The van der Waals surface area contributed by atoms with Crippen molar-refractivity contribution >= 4 is 15.9 Å². The van der Waals surface area contributed by atoms with E-state index < -0.39 is 5.60 Å². The van der Waals surface area contributed by atoms with Crippen molar-refractivity contribution in [3.63, 3.8) is 0 Å². The maximum absolute atomic E-state index is 10.2. The summed E-state index contributed by atoms with van der Waals surface area (Å²) in [5.41, 5.74) is 0.516. The third-order valence-corrected chi connectivity index (χ3v) is 3.38. The van der Waals surface area contributed by atoms with Gasteiger partial charge in [-0.2, -0.15) is 0 Å². The molecule has 0 bridgehead atoms. The van der Waals surface area contributed by atoms with E-state index in [0.717, 1.165) is 4.47 Å². The second kappa shape index (κ2) is 4.86. The van der Waals surface area contributed by atoms with E-state index in [1.165, 1.54) is 18.4 Å². The molecule has 0 heterocycles. The Hall–Kier alpha value is -0.380. The SMILES string of the molecule is CC(O)(CNC1CC1)Cc1ccc(Br)cc1. The van der Waals surface area contributed by atoms with Crippen LogP contribution in [0.3, 0.4) is 0 Å². The van der Waals surface area contributed by atoms with Crippen molar-refractivity contribution in [1.29, 1.82) is 0 Å². The fourth-order valence-corrected chi connectivity index (χ4v) is 2.02. The minimum Gasteiger partial charge on any atom is -0.389 e. The lowest BCUT2D eigenvalue weighted by molar-refractivity contribution is 0.0597. The number of hydrogen-bond acceptors (Lipinski definition) is 2. The fraction of sp³-hybridized carbons (Fsp3) is 0.538. The van der Waals surface area contributed by atoms with Crippen LogP contribution in [0, 0.1) is 0 Å². The lowest BCUT2D eigenvalue weighted by Crippen LogP contribution is -2.40. The van der Waals surface area contributed by atoms with E-state index in [9.17, 15) is 5.11 Å². The van der Waals surface area contributed by atoms with E-state index >= 15 is 0 Å². The Kier molecular flexibility index (Phi) is 3.67. The van der Waals surface area contributed by atoms with E-state index in [4.69, 9.17) is 0 Å². The van der Waals surface area contributed by atoms with Gasteiger partial charge in [-0.05, 0) is 37.5 Å². The molecule has 1 aromatic rings. The van der Waals surface area contributed by atoms with Gasteiger partial charge in [0.1, 0.15) is 0 Å². The molecule has 0 amide bonds. The highest BCUT2D eigenvalue weighted by atomic mass is 79.9. The molecule has 0 aliphatic heterocycles. The average molecular weight is 284 g/mol. The molecule has 1 unspecified atom stereocenters. The summed E-state index contributed by atoms with van der Waals surface area (Å²) in [5, 5.41) is 13.6. The minimum absolute atomic E-state index is 0.649. The molecule has 16 heavy (non-hydrogen) atoms. The molecule has 1 aliphatic rings. The summed E-state index contributed by atoms with van der Waals surface area (Å²) < 4.78 is 1.08. The zero-order valence-electron chi connectivity index (χ0n) is 9.54. The normalized spacial score (nSPS) is 19.4. The van der Waals surface area contributed by atoms with E-state index in [2.05, 4.69) is 33.4 Å². The van der Waals surface area contributed by atoms with Crippen molar-refractivity contribution in [2.24, 2.45) is 0 Å². The summed E-state index contributed by atoms with van der Waals surface area (Å²) in [5.74, 6) is 0. The first-order chi connectivity index (χ1) is 7.55. The van der Waals surface area contributed by atoms with Crippen molar-refractivity contribution < 1.29 is 5.11 Å². The van der Waals surface area contributed by atoms with Gasteiger partial charge in [-0.1, -0.05) is 28.1 Å². The van der Waals surface area contributed by atoms with Crippen LogP contribution in [-0.2, 0) is 6.42 Å². The summed E-state index contributed by atoms with van der Waals surface area (Å²) in [6, 6.07) is 8.78. The Labute approximate surface area is 105 Å². The van der Waals surface area contributed by atoms with Gasteiger partial charge in [-0.3, -0.25) is 0 Å². The molecule has 0 aromatic heterocycles. The van der Waals surface area contributed by atoms with Crippen LogP contribution in [0.1, 0.15) is 25.3 Å². The van der Waals surface area contributed by atoms with Crippen molar-refractivity contribution in [3.8, 4) is 0 Å². The highest BCUT2D eigenvalue weighted by Gasteiger charge is 2.26. The van der Waals surface area contributed by atoms with Crippen LogP contribution in [0.2, 0.25) is 0 Å². The van der Waals surface area contributed by atoms with Crippen molar-refractivity contribution in [2.45, 2.75) is 37.8 Å². The Bertz CT molecular complexity index is 343. The number of nitrogens with one attached hydrogen (secondary N) is 1. The number of rotatable bonds is 5. The third-order valence-electron chi connectivity index (χ3n) is 2.85. The van der Waals surface area contributed by atoms with Crippen LogP contribution in [-0.4, -0.2) is 23.3 Å². The lowest BCUT2D eigenvalue weighted by Gasteiger charge is -2.24. The smallest absolute Gasteiger partial charge is 0.0783 e. The highest BCUT2D eigenvalue weighted by Crippen LogP contribution is 2.21. The van der Waals surface area contributed by atoms with Gasteiger partial charge in [0.05, 0.1) is 5.60 Å². The monoisotopic (exact) mass is 283 g/mol. The highest BCUT2D eigenvalue weighted by molar-refractivity contribution is 9.10. The average Bonchev–Trinajstić information content (AvgIpc) is 3.02. The van der Waals surface area contributed by atoms with Crippen LogP contribution < -0.4 is 5.32 Å². The first-order valence-electron chi connectivity index (χ1n) is 5.75. The molecule has 0 radical (unpaired) electrons. The van der Waals surface area contributed by atoms with Gasteiger partial charge in [0.2, 0.25) is 0 Å². The molecule has 1 aliphatic carbocycles. The Morgan fingerprint density at radius 3 is 2.56 bits per heavy atom. The Morgan fingerprint density at radius 1 is 1.38 bits per heavy atom. The quantitative estimate of drug-likeness (QED) is 0.870. The third kappa shape index (κ3) is 3.89. The first-order valence-corrected chi connectivity index (χ1v) is 6.55. The molecule has 0 saturated heterocycles. The Balaban J connectivity index is 1.87. The van der Waals surface area contributed by atoms with Crippen molar-refractivity contribution in [2.75, 3.05) is 6.54 Å². The van der Waals surface area contributed by atoms with E-state index in [1.54, 1.807) is 0 Å². The summed E-state index contributed by atoms with van der Waals surface area (Å²) in [7, 11) is 0. The van der Waals surface area contributed by atoms with Crippen LogP contribution in [0.25, 0.3) is 0 Å². The number of halogens is 1. The lowest BCUT2D eigenvalue weighted by atomic mass is 9.96. The van der Waals surface area contributed by atoms with E-state index in [1.807, 2.05) is 19.1 Å². The zero-order chi connectivity index (χ0) is 11.6. The van der Waals surface area contributed by atoms with Gasteiger partial charge >= 0.3 is 0 Å². The van der Waals surface area contributed by atoms with Gasteiger partial charge < -0.3 is 10.4 Å². The second-order valence-electron chi connectivity index (χ2n) is 4.96. The Morgan fingerprint density at radius 2 is 2.00 bits per heavy atom. The zero-order valence-corrected chi connectivity index (χ0v) is 11.1. The van der Waals surface area contributed by atoms with Crippen molar-refractivity contribution in [3.05, 3.63) is 34.3 Å². The standard InChI is InChI=1S/C13H18BrNO/c1-13(16,9-15-12-6-7-12)8-10-2-4-11(14)5-3-10/h2-5,12,15-16H,6-9H2,1H3. The van der Waals surface area contributed by atoms with Gasteiger partial charge in [-0.25, -0.2) is 0 Å². The van der Waals surface area contributed by atoms with Gasteiger partial charge in [0.15, 0.2) is 0 Å². The van der Waals surface area contributed by atoms with Crippen molar-refractivity contribution in [1.82, 2.24) is 5.32 Å². The summed E-state index contributed by atoms with van der Waals surface area (Å²) in [4.78, 5) is 0. The molecular formula is C13H18BrNO. The topological polar surface area (TPSA) is 32.3 Å². The molecule has 1 aromatic carbocycles. The predicted molar refractivity (Wildman–Crippen MR) is 69.5 cm³/mol.